The van der Waals surface area contributed by atoms with Crippen molar-refractivity contribution in [2.24, 2.45) is 0 Å². The van der Waals surface area contributed by atoms with Gasteiger partial charge in [0, 0.05) is 23.5 Å². The minimum atomic E-state index is 1.13. The summed E-state index contributed by atoms with van der Waals surface area (Å²) in [5.41, 5.74) is 7.12. The molecule has 1 aromatic heterocycles. The molecule has 158 valence electrons. The van der Waals surface area contributed by atoms with Gasteiger partial charge in [-0.1, -0.05) is 103 Å². The maximum absolute atomic E-state index is 4.51. The molecule has 0 spiro atoms. The molecule has 0 unspecified atom stereocenters. The van der Waals surface area contributed by atoms with Crippen LogP contribution in [0.15, 0.2) is 128 Å². The molecule has 0 N–H and O–H groups in total. The zero-order valence-corrected chi connectivity index (χ0v) is 18.6. The molecule has 1 nitrogen and oxygen atoms in total. The van der Waals surface area contributed by atoms with Crippen LogP contribution >= 0.6 is 0 Å². The Balaban J connectivity index is 1.36. The van der Waals surface area contributed by atoms with Gasteiger partial charge in [-0.15, -0.1) is 0 Å². The van der Waals surface area contributed by atoms with Gasteiger partial charge in [-0.3, -0.25) is 4.98 Å². The third-order valence-corrected chi connectivity index (χ3v) is 6.88. The summed E-state index contributed by atoms with van der Waals surface area (Å²) in [6.45, 7) is 0. The normalized spacial score (nSPS) is 11.5. The maximum Gasteiger partial charge on any atom is 0.0346 e. The van der Waals surface area contributed by atoms with Crippen LogP contribution in [0.5, 0.6) is 0 Å². The second kappa shape index (κ2) is 7.54. The van der Waals surface area contributed by atoms with Crippen LogP contribution in [0.3, 0.4) is 0 Å². The van der Waals surface area contributed by atoms with Crippen molar-refractivity contribution < 1.29 is 0 Å². The molecule has 1 heterocycles. The summed E-state index contributed by atoms with van der Waals surface area (Å²) in [5, 5.41) is 7.91. The Kier molecular flexibility index (Phi) is 4.22. The quantitative estimate of drug-likeness (QED) is 0.254. The summed E-state index contributed by atoms with van der Waals surface area (Å²) in [6, 6.07) is 41.6. The Morgan fingerprint density at radius 3 is 1.76 bits per heavy atom. The number of hydrogen-bond donors (Lipinski definition) is 0. The lowest BCUT2D eigenvalue weighted by atomic mass is 9.88. The number of hydrogen-bond acceptors (Lipinski definition) is 1. The second-order valence-electron chi connectivity index (χ2n) is 8.88. The van der Waals surface area contributed by atoms with E-state index in [0.29, 0.717) is 0 Å². The zero-order chi connectivity index (χ0) is 22.5. The molecule has 7 aromatic rings. The van der Waals surface area contributed by atoms with Crippen molar-refractivity contribution in [3.8, 4) is 33.4 Å². The van der Waals surface area contributed by atoms with E-state index in [4.69, 9.17) is 0 Å². The van der Waals surface area contributed by atoms with Crippen LogP contribution in [0.25, 0.3) is 65.7 Å². The highest BCUT2D eigenvalue weighted by atomic mass is 14.6. The van der Waals surface area contributed by atoms with E-state index in [0.717, 1.165) is 11.1 Å². The third kappa shape index (κ3) is 2.98. The van der Waals surface area contributed by atoms with E-state index in [1.165, 1.54) is 54.6 Å². The fourth-order valence-corrected chi connectivity index (χ4v) is 5.23. The Labute approximate surface area is 198 Å². The molecule has 0 aliphatic heterocycles. The number of benzene rings is 6. The molecule has 0 aliphatic carbocycles. The largest absolute Gasteiger partial charge is 0.263 e. The van der Waals surface area contributed by atoms with E-state index in [1.54, 1.807) is 0 Å². The maximum atomic E-state index is 4.51. The zero-order valence-electron chi connectivity index (χ0n) is 18.6. The van der Waals surface area contributed by atoms with Gasteiger partial charge in [0.1, 0.15) is 0 Å². The van der Waals surface area contributed by atoms with Crippen molar-refractivity contribution >= 4 is 32.3 Å². The minimum absolute atomic E-state index is 1.13. The highest BCUT2D eigenvalue weighted by Gasteiger charge is 2.13. The first-order valence-electron chi connectivity index (χ1n) is 11.6. The SMILES string of the molecule is c1ccc(-c2cncc(-c3ccc(-c4cc5cccc6ccc7cccc4c7c65)cc3)c2)cc1. The van der Waals surface area contributed by atoms with Gasteiger partial charge in [0.15, 0.2) is 0 Å². The first kappa shape index (κ1) is 19.0. The van der Waals surface area contributed by atoms with Crippen molar-refractivity contribution in [1.82, 2.24) is 4.98 Å². The molecule has 0 saturated heterocycles. The standard InChI is InChI=1S/C33H21N/c1-2-6-22(7-3-1)28-18-29(21-34-20-28)23-12-14-24(15-13-23)31-19-27-10-4-8-25-16-17-26-9-5-11-30(31)33(26)32(25)27/h1-21H. The van der Waals surface area contributed by atoms with Crippen molar-refractivity contribution in [2.45, 2.75) is 0 Å². The van der Waals surface area contributed by atoms with Gasteiger partial charge in [-0.25, -0.2) is 0 Å². The van der Waals surface area contributed by atoms with Crippen molar-refractivity contribution in [3.63, 3.8) is 0 Å². The van der Waals surface area contributed by atoms with Crippen LogP contribution in [0.2, 0.25) is 0 Å². The lowest BCUT2D eigenvalue weighted by Crippen LogP contribution is -1.88. The van der Waals surface area contributed by atoms with Crippen LogP contribution in [0.1, 0.15) is 0 Å². The molecular weight excluding hydrogens is 410 g/mol. The van der Waals surface area contributed by atoms with E-state index < -0.39 is 0 Å². The van der Waals surface area contributed by atoms with Gasteiger partial charge in [-0.05, 0) is 66.7 Å². The van der Waals surface area contributed by atoms with Crippen LogP contribution in [0, 0.1) is 0 Å². The van der Waals surface area contributed by atoms with Crippen molar-refractivity contribution in [2.75, 3.05) is 0 Å². The molecule has 7 rings (SSSR count). The van der Waals surface area contributed by atoms with Crippen LogP contribution in [-0.4, -0.2) is 4.98 Å². The summed E-state index contributed by atoms with van der Waals surface area (Å²) in [5.74, 6) is 0. The lowest BCUT2D eigenvalue weighted by molar-refractivity contribution is 1.33. The highest BCUT2D eigenvalue weighted by Crippen LogP contribution is 2.40. The van der Waals surface area contributed by atoms with Gasteiger partial charge in [-0.2, -0.15) is 0 Å². The van der Waals surface area contributed by atoms with E-state index >= 15 is 0 Å². The number of rotatable bonds is 3. The Bertz CT molecular complexity index is 1780. The topological polar surface area (TPSA) is 12.9 Å². The molecule has 0 bridgehead atoms. The molecular formula is C33H21N. The van der Waals surface area contributed by atoms with Gasteiger partial charge in [0.25, 0.3) is 0 Å². The summed E-state index contributed by atoms with van der Waals surface area (Å²) in [4.78, 5) is 4.51. The van der Waals surface area contributed by atoms with E-state index in [-0.39, 0.29) is 0 Å². The van der Waals surface area contributed by atoms with Gasteiger partial charge in [0.05, 0.1) is 0 Å². The molecule has 0 radical (unpaired) electrons. The van der Waals surface area contributed by atoms with Crippen molar-refractivity contribution in [1.29, 1.82) is 0 Å². The van der Waals surface area contributed by atoms with Crippen molar-refractivity contribution in [3.05, 3.63) is 128 Å². The van der Waals surface area contributed by atoms with Gasteiger partial charge >= 0.3 is 0 Å². The second-order valence-corrected chi connectivity index (χ2v) is 8.88. The summed E-state index contributed by atoms with van der Waals surface area (Å²) < 4.78 is 0. The van der Waals surface area contributed by atoms with Gasteiger partial charge in [0.2, 0.25) is 0 Å². The van der Waals surface area contributed by atoms with Gasteiger partial charge < -0.3 is 0 Å². The fourth-order valence-electron chi connectivity index (χ4n) is 5.23. The Hall–Kier alpha value is -4.49. The van der Waals surface area contributed by atoms with E-state index in [2.05, 4.69) is 114 Å². The first-order valence-corrected chi connectivity index (χ1v) is 11.6. The lowest BCUT2D eigenvalue weighted by Gasteiger charge is -2.15. The Morgan fingerprint density at radius 1 is 0.382 bits per heavy atom. The highest BCUT2D eigenvalue weighted by molar-refractivity contribution is 6.26. The Morgan fingerprint density at radius 2 is 1.00 bits per heavy atom. The molecule has 34 heavy (non-hydrogen) atoms. The molecule has 0 fully saturated rings. The minimum Gasteiger partial charge on any atom is -0.263 e. The monoisotopic (exact) mass is 431 g/mol. The number of nitrogens with zero attached hydrogens (tertiary/aromatic N) is 1. The first-order chi connectivity index (χ1) is 16.8. The molecule has 6 aromatic carbocycles. The summed E-state index contributed by atoms with van der Waals surface area (Å²) in [7, 11) is 0. The average molecular weight is 432 g/mol. The molecule has 0 amide bonds. The van der Waals surface area contributed by atoms with Crippen LogP contribution in [0.4, 0.5) is 0 Å². The van der Waals surface area contributed by atoms with E-state index in [1.807, 2.05) is 18.5 Å². The van der Waals surface area contributed by atoms with Crippen LogP contribution < -0.4 is 0 Å². The van der Waals surface area contributed by atoms with E-state index in [9.17, 15) is 0 Å². The average Bonchev–Trinajstić information content (AvgIpc) is 2.92. The predicted molar refractivity (Wildman–Crippen MR) is 144 cm³/mol. The number of aromatic nitrogens is 1. The molecule has 1 heteroatoms. The smallest absolute Gasteiger partial charge is 0.0346 e. The molecule has 0 saturated carbocycles. The molecule has 0 aliphatic rings. The molecule has 0 atom stereocenters. The predicted octanol–water partition coefficient (Wildman–Crippen LogP) is 8.98. The summed E-state index contributed by atoms with van der Waals surface area (Å²) >= 11 is 0. The van der Waals surface area contributed by atoms with Crippen LogP contribution in [-0.2, 0) is 0 Å². The third-order valence-electron chi connectivity index (χ3n) is 6.88. The fraction of sp³-hybridized carbons (Fsp3) is 0. The number of pyridine rings is 1. The summed E-state index contributed by atoms with van der Waals surface area (Å²) in [6.07, 6.45) is 3.87.